The largest absolute Gasteiger partial charge is 0.390 e. The topological polar surface area (TPSA) is 32.3 Å². The normalized spacial score (nSPS) is 43.4. The molecule has 2 rings (SSSR count). The maximum absolute atomic E-state index is 9.95. The highest BCUT2D eigenvalue weighted by atomic mass is 16.3. The molecule has 0 radical (unpaired) electrons. The van der Waals surface area contributed by atoms with Crippen molar-refractivity contribution in [2.75, 3.05) is 13.1 Å². The lowest BCUT2D eigenvalue weighted by molar-refractivity contribution is 0.00414. The Morgan fingerprint density at radius 2 is 2.00 bits per heavy atom. The van der Waals surface area contributed by atoms with Crippen LogP contribution in [0.25, 0.3) is 0 Å². The average Bonchev–Trinajstić information content (AvgIpc) is 2.47. The molecule has 1 saturated carbocycles. The van der Waals surface area contributed by atoms with Crippen LogP contribution in [-0.2, 0) is 0 Å². The summed E-state index contributed by atoms with van der Waals surface area (Å²) >= 11 is 0. The van der Waals surface area contributed by atoms with E-state index in [0.717, 1.165) is 25.4 Å². The third kappa shape index (κ3) is 2.23. The van der Waals surface area contributed by atoms with Gasteiger partial charge in [-0.25, -0.2) is 0 Å². The van der Waals surface area contributed by atoms with Crippen LogP contribution in [0.1, 0.15) is 40.0 Å². The molecule has 1 heterocycles. The molecule has 78 valence electrons. The van der Waals surface area contributed by atoms with Gasteiger partial charge >= 0.3 is 0 Å². The Morgan fingerprint density at radius 1 is 1.31 bits per heavy atom. The van der Waals surface area contributed by atoms with Crippen LogP contribution in [0.4, 0.5) is 0 Å². The quantitative estimate of drug-likeness (QED) is 0.603. The van der Waals surface area contributed by atoms with E-state index >= 15 is 0 Å². The molecular formula is C11H23NO. The molecule has 0 bridgehead atoms. The molecule has 0 aromatic heterocycles. The smallest absolute Gasteiger partial charge is 0.0662 e. The molecule has 2 heteroatoms. The van der Waals surface area contributed by atoms with Crippen molar-refractivity contribution in [1.82, 2.24) is 5.32 Å². The van der Waals surface area contributed by atoms with Crippen LogP contribution in [0.15, 0.2) is 0 Å². The first-order chi connectivity index (χ1) is 6.20. The third-order valence-corrected chi connectivity index (χ3v) is 3.45. The summed E-state index contributed by atoms with van der Waals surface area (Å²) in [4.78, 5) is 0. The van der Waals surface area contributed by atoms with Crippen LogP contribution in [-0.4, -0.2) is 23.8 Å². The number of hydrogen-bond donors (Lipinski definition) is 2. The molecule has 3 atom stereocenters. The van der Waals surface area contributed by atoms with Crippen LogP contribution in [0.5, 0.6) is 0 Å². The van der Waals surface area contributed by atoms with E-state index in [1.54, 1.807) is 0 Å². The van der Waals surface area contributed by atoms with Gasteiger partial charge in [0.15, 0.2) is 0 Å². The number of aliphatic hydroxyl groups is 1. The van der Waals surface area contributed by atoms with Crippen LogP contribution in [0.2, 0.25) is 0 Å². The zero-order valence-corrected chi connectivity index (χ0v) is 9.14. The van der Waals surface area contributed by atoms with Crippen molar-refractivity contribution in [3.05, 3.63) is 0 Å². The van der Waals surface area contributed by atoms with E-state index < -0.39 is 0 Å². The van der Waals surface area contributed by atoms with Gasteiger partial charge in [0.05, 0.1) is 5.60 Å². The minimum atomic E-state index is -0.377. The van der Waals surface area contributed by atoms with E-state index in [4.69, 9.17) is 0 Å². The zero-order chi connectivity index (χ0) is 9.90. The van der Waals surface area contributed by atoms with E-state index in [1.165, 1.54) is 12.8 Å². The second-order valence-electron chi connectivity index (χ2n) is 4.26. The number of piperidine rings is 1. The molecule has 2 fully saturated rings. The Bertz CT molecular complexity index is 156. The first kappa shape index (κ1) is 11.0. The Balaban J connectivity index is 0.000000396. The highest BCUT2D eigenvalue weighted by Gasteiger charge is 2.44. The zero-order valence-electron chi connectivity index (χ0n) is 9.14. The van der Waals surface area contributed by atoms with Crippen molar-refractivity contribution in [2.24, 2.45) is 11.8 Å². The number of hydrogen-bond acceptors (Lipinski definition) is 2. The summed E-state index contributed by atoms with van der Waals surface area (Å²) in [6.45, 7) is 8.17. The molecule has 3 unspecified atom stereocenters. The Morgan fingerprint density at radius 3 is 2.62 bits per heavy atom. The molecule has 1 saturated heterocycles. The monoisotopic (exact) mass is 185 g/mol. The molecule has 2 nitrogen and oxygen atoms in total. The average molecular weight is 185 g/mol. The van der Waals surface area contributed by atoms with Gasteiger partial charge in [0.25, 0.3) is 0 Å². The maximum Gasteiger partial charge on any atom is 0.0662 e. The first-order valence-electron chi connectivity index (χ1n) is 5.63. The maximum atomic E-state index is 9.95. The molecular weight excluding hydrogens is 162 g/mol. The van der Waals surface area contributed by atoms with Crippen LogP contribution in [0.3, 0.4) is 0 Å². The molecule has 13 heavy (non-hydrogen) atoms. The summed E-state index contributed by atoms with van der Waals surface area (Å²) in [7, 11) is 0. The van der Waals surface area contributed by atoms with Gasteiger partial charge in [-0.1, -0.05) is 13.8 Å². The number of fused-ring (bicyclic) bond motifs is 1. The fourth-order valence-corrected chi connectivity index (χ4v) is 2.65. The van der Waals surface area contributed by atoms with E-state index in [0.29, 0.717) is 5.92 Å². The van der Waals surface area contributed by atoms with Gasteiger partial charge in [0, 0.05) is 12.5 Å². The summed E-state index contributed by atoms with van der Waals surface area (Å²) in [6.07, 6.45) is 3.50. The summed E-state index contributed by atoms with van der Waals surface area (Å²) in [5, 5.41) is 13.3. The van der Waals surface area contributed by atoms with Crippen molar-refractivity contribution in [2.45, 2.75) is 45.6 Å². The SMILES string of the molecule is CC.CC1(O)CCC2CCNCC21. The van der Waals surface area contributed by atoms with Crippen molar-refractivity contribution in [3.8, 4) is 0 Å². The fraction of sp³-hybridized carbons (Fsp3) is 1.00. The van der Waals surface area contributed by atoms with Gasteiger partial charge in [-0.2, -0.15) is 0 Å². The highest BCUT2D eigenvalue weighted by Crippen LogP contribution is 2.42. The molecule has 2 aliphatic rings. The molecule has 0 aromatic rings. The predicted octanol–water partition coefficient (Wildman–Crippen LogP) is 1.78. The van der Waals surface area contributed by atoms with Crippen molar-refractivity contribution < 1.29 is 5.11 Å². The predicted molar refractivity (Wildman–Crippen MR) is 55.7 cm³/mol. The molecule has 0 aromatic carbocycles. The van der Waals surface area contributed by atoms with Gasteiger partial charge in [-0.05, 0) is 38.6 Å². The lowest BCUT2D eigenvalue weighted by atomic mass is 9.83. The molecule has 0 amide bonds. The summed E-state index contributed by atoms with van der Waals surface area (Å²) < 4.78 is 0. The van der Waals surface area contributed by atoms with E-state index in [-0.39, 0.29) is 5.60 Å². The van der Waals surface area contributed by atoms with Gasteiger partial charge in [-0.15, -0.1) is 0 Å². The van der Waals surface area contributed by atoms with Crippen molar-refractivity contribution >= 4 is 0 Å². The Hall–Kier alpha value is -0.0800. The molecule has 1 aliphatic carbocycles. The minimum absolute atomic E-state index is 0.377. The second kappa shape index (κ2) is 4.43. The molecule has 1 aliphatic heterocycles. The van der Waals surface area contributed by atoms with E-state index in [1.807, 2.05) is 20.8 Å². The number of nitrogens with one attached hydrogen (secondary N) is 1. The summed E-state index contributed by atoms with van der Waals surface area (Å²) in [5.74, 6) is 1.32. The highest BCUT2D eigenvalue weighted by molar-refractivity contribution is 4.97. The van der Waals surface area contributed by atoms with Gasteiger partial charge < -0.3 is 10.4 Å². The number of rotatable bonds is 0. The lowest BCUT2D eigenvalue weighted by Gasteiger charge is -2.33. The first-order valence-corrected chi connectivity index (χ1v) is 5.63. The Kier molecular flexibility index (Phi) is 3.74. The lowest BCUT2D eigenvalue weighted by Crippen LogP contribution is -2.43. The van der Waals surface area contributed by atoms with Gasteiger partial charge in [0.1, 0.15) is 0 Å². The van der Waals surface area contributed by atoms with Crippen LogP contribution < -0.4 is 5.32 Å². The standard InChI is InChI=1S/C9H17NO.C2H6/c1-9(11)4-2-7-3-5-10-6-8(7)9;1-2/h7-8,10-11H,2-6H2,1H3;1-2H3. The van der Waals surface area contributed by atoms with E-state index in [9.17, 15) is 5.11 Å². The molecule has 0 spiro atoms. The van der Waals surface area contributed by atoms with Crippen LogP contribution >= 0.6 is 0 Å². The fourth-order valence-electron chi connectivity index (χ4n) is 2.65. The molecule has 2 N–H and O–H groups in total. The van der Waals surface area contributed by atoms with Gasteiger partial charge in [0.2, 0.25) is 0 Å². The van der Waals surface area contributed by atoms with Gasteiger partial charge in [-0.3, -0.25) is 0 Å². The Labute approximate surface area is 81.7 Å². The minimum Gasteiger partial charge on any atom is -0.390 e. The second-order valence-corrected chi connectivity index (χ2v) is 4.26. The summed E-state index contributed by atoms with van der Waals surface area (Å²) in [5.41, 5.74) is -0.377. The summed E-state index contributed by atoms with van der Waals surface area (Å²) in [6, 6.07) is 0. The van der Waals surface area contributed by atoms with Crippen molar-refractivity contribution in [3.63, 3.8) is 0 Å². The van der Waals surface area contributed by atoms with Crippen LogP contribution in [0, 0.1) is 11.8 Å². The van der Waals surface area contributed by atoms with Crippen molar-refractivity contribution in [1.29, 1.82) is 0 Å². The van der Waals surface area contributed by atoms with E-state index in [2.05, 4.69) is 5.32 Å². The third-order valence-electron chi connectivity index (χ3n) is 3.45.